The van der Waals surface area contributed by atoms with Gasteiger partial charge in [0.1, 0.15) is 5.82 Å². The van der Waals surface area contributed by atoms with Crippen molar-refractivity contribution in [2.75, 3.05) is 4.72 Å². The maximum absolute atomic E-state index is 13.5. The zero-order valence-electron chi connectivity index (χ0n) is 18.5. The molecule has 8 heteroatoms. The molecule has 0 unspecified atom stereocenters. The van der Waals surface area contributed by atoms with E-state index in [4.69, 9.17) is 4.98 Å². The van der Waals surface area contributed by atoms with Crippen molar-refractivity contribution in [3.63, 3.8) is 0 Å². The Bertz CT molecular complexity index is 1600. The minimum Gasteiger partial charge on any atom is -0.296 e. The highest BCUT2D eigenvalue weighted by molar-refractivity contribution is 7.92. The van der Waals surface area contributed by atoms with Crippen LogP contribution >= 0.6 is 0 Å². The highest BCUT2D eigenvalue weighted by Crippen LogP contribution is 2.23. The van der Waals surface area contributed by atoms with Gasteiger partial charge < -0.3 is 0 Å². The lowest BCUT2D eigenvalue weighted by atomic mass is 10.1. The summed E-state index contributed by atoms with van der Waals surface area (Å²) in [6.45, 7) is 0. The molecule has 5 aromatic rings. The Morgan fingerprint density at radius 1 is 0.771 bits per heavy atom. The third-order valence-corrected chi connectivity index (χ3v) is 7.07. The number of nitrogens with zero attached hydrogens (tertiary/aromatic N) is 2. The van der Waals surface area contributed by atoms with Crippen LogP contribution in [0.4, 0.5) is 14.5 Å². The van der Waals surface area contributed by atoms with Gasteiger partial charge in [-0.1, -0.05) is 42.5 Å². The lowest BCUT2D eigenvalue weighted by Crippen LogP contribution is -2.13. The second-order valence-corrected chi connectivity index (χ2v) is 9.75. The monoisotopic (exact) mass is 489 g/mol. The second kappa shape index (κ2) is 9.31. The molecule has 0 fully saturated rings. The van der Waals surface area contributed by atoms with Crippen molar-refractivity contribution in [3.8, 4) is 5.69 Å². The summed E-state index contributed by atoms with van der Waals surface area (Å²) in [6, 6.07) is 27.5. The molecule has 0 aliphatic carbocycles. The molecular formula is C27H21F2N3O2S. The molecule has 1 N–H and O–H groups in total. The number of hydrogen-bond acceptors (Lipinski definition) is 3. The van der Waals surface area contributed by atoms with E-state index in [0.29, 0.717) is 24.6 Å². The first-order chi connectivity index (χ1) is 16.9. The molecule has 35 heavy (non-hydrogen) atoms. The molecule has 176 valence electrons. The number of nitrogens with one attached hydrogen (secondary N) is 1. The van der Waals surface area contributed by atoms with Gasteiger partial charge in [0.15, 0.2) is 11.6 Å². The number of halogens is 2. The van der Waals surface area contributed by atoms with Gasteiger partial charge in [0.2, 0.25) is 0 Å². The van der Waals surface area contributed by atoms with Gasteiger partial charge in [0.25, 0.3) is 10.0 Å². The van der Waals surface area contributed by atoms with Gasteiger partial charge in [0.05, 0.1) is 15.9 Å². The lowest BCUT2D eigenvalue weighted by Gasteiger charge is -2.11. The molecule has 1 aromatic heterocycles. The zero-order valence-corrected chi connectivity index (χ0v) is 19.3. The largest absolute Gasteiger partial charge is 0.296 e. The first-order valence-corrected chi connectivity index (χ1v) is 12.5. The number of benzene rings is 4. The summed E-state index contributed by atoms with van der Waals surface area (Å²) in [4.78, 5) is 4.48. The van der Waals surface area contributed by atoms with Crippen LogP contribution in [0.15, 0.2) is 102 Å². The number of anilines is 1. The summed E-state index contributed by atoms with van der Waals surface area (Å²) in [6.07, 6.45) is 1.38. The fraction of sp³-hybridized carbons (Fsp3) is 0.0741. The number of para-hydroxylation sites is 3. The predicted octanol–water partition coefficient (Wildman–Crippen LogP) is 5.89. The van der Waals surface area contributed by atoms with Crippen molar-refractivity contribution in [2.24, 2.45) is 0 Å². The van der Waals surface area contributed by atoms with Crippen molar-refractivity contribution >= 4 is 26.7 Å². The first kappa shape index (κ1) is 22.7. The number of fused-ring (bicyclic) bond motifs is 1. The molecule has 4 aromatic carbocycles. The molecule has 0 atom stereocenters. The van der Waals surface area contributed by atoms with Gasteiger partial charge in [-0.25, -0.2) is 22.2 Å². The van der Waals surface area contributed by atoms with E-state index < -0.39 is 21.7 Å². The molecule has 0 radical (unpaired) electrons. The molecule has 0 aliphatic rings. The van der Waals surface area contributed by atoms with Gasteiger partial charge in [0, 0.05) is 17.8 Å². The number of aryl methyl sites for hydroxylation is 2. The Hall–Kier alpha value is -4.04. The smallest absolute Gasteiger partial charge is 0.261 e. The van der Waals surface area contributed by atoms with E-state index in [-0.39, 0.29) is 4.90 Å². The SMILES string of the molecule is O=S(=O)(Nc1ccc(CCc2nc3ccccc3n2-c2ccccc2)cc1)c1ccc(F)c(F)c1. The minimum absolute atomic E-state index is 0.329. The van der Waals surface area contributed by atoms with Gasteiger partial charge in [-0.2, -0.15) is 0 Å². The minimum atomic E-state index is -4.04. The Labute approximate surface area is 201 Å². The van der Waals surface area contributed by atoms with Gasteiger partial charge in [-0.05, 0) is 66.6 Å². The van der Waals surface area contributed by atoms with E-state index in [1.54, 1.807) is 12.1 Å². The van der Waals surface area contributed by atoms with E-state index in [0.717, 1.165) is 40.2 Å². The van der Waals surface area contributed by atoms with Crippen molar-refractivity contribution in [1.29, 1.82) is 0 Å². The van der Waals surface area contributed by atoms with Gasteiger partial charge in [-0.15, -0.1) is 0 Å². The van der Waals surface area contributed by atoms with Crippen LogP contribution in [0.5, 0.6) is 0 Å². The van der Waals surface area contributed by atoms with E-state index in [1.807, 2.05) is 66.7 Å². The molecule has 5 rings (SSSR count). The predicted molar refractivity (Wildman–Crippen MR) is 132 cm³/mol. The van der Waals surface area contributed by atoms with Crippen LogP contribution in [0.25, 0.3) is 16.7 Å². The standard InChI is InChI=1S/C27H21F2N3O2S/c28-23-16-15-22(18-24(23)29)35(33,34)31-20-13-10-19(11-14-20)12-17-27-30-25-8-4-5-9-26(25)32(27)21-6-2-1-3-7-21/h1-11,13-16,18,31H,12,17H2. The number of hydrogen-bond donors (Lipinski definition) is 1. The summed E-state index contributed by atoms with van der Waals surface area (Å²) < 4.78 is 56.2. The van der Waals surface area contributed by atoms with Crippen LogP contribution in [0, 0.1) is 11.6 Å². The van der Waals surface area contributed by atoms with Crippen LogP contribution < -0.4 is 4.72 Å². The molecule has 0 amide bonds. The molecule has 0 saturated carbocycles. The Morgan fingerprint density at radius 2 is 1.49 bits per heavy atom. The van der Waals surface area contributed by atoms with Crippen LogP contribution in [0.2, 0.25) is 0 Å². The van der Waals surface area contributed by atoms with Gasteiger partial charge in [-0.3, -0.25) is 9.29 Å². The van der Waals surface area contributed by atoms with Crippen molar-refractivity contribution in [1.82, 2.24) is 9.55 Å². The first-order valence-electron chi connectivity index (χ1n) is 11.0. The van der Waals surface area contributed by atoms with E-state index >= 15 is 0 Å². The summed E-state index contributed by atoms with van der Waals surface area (Å²) in [5.41, 5.74) is 4.34. The van der Waals surface area contributed by atoms with Crippen molar-refractivity contribution < 1.29 is 17.2 Å². The maximum atomic E-state index is 13.5. The van der Waals surface area contributed by atoms with Crippen molar-refractivity contribution in [3.05, 3.63) is 120 Å². The summed E-state index contributed by atoms with van der Waals surface area (Å²) in [5, 5.41) is 0. The molecule has 0 spiro atoms. The van der Waals surface area contributed by atoms with E-state index in [9.17, 15) is 17.2 Å². The molecule has 1 heterocycles. The van der Waals surface area contributed by atoms with E-state index in [1.165, 1.54) is 0 Å². The van der Waals surface area contributed by atoms with Crippen LogP contribution in [0.3, 0.4) is 0 Å². The average molecular weight is 490 g/mol. The Balaban J connectivity index is 1.33. The molecular weight excluding hydrogens is 468 g/mol. The van der Waals surface area contributed by atoms with Crippen LogP contribution in [0.1, 0.15) is 11.4 Å². The molecule has 5 nitrogen and oxygen atoms in total. The lowest BCUT2D eigenvalue weighted by molar-refractivity contribution is 0.504. The normalized spacial score (nSPS) is 11.6. The topological polar surface area (TPSA) is 64.0 Å². The maximum Gasteiger partial charge on any atom is 0.261 e. The fourth-order valence-electron chi connectivity index (χ4n) is 3.96. The third kappa shape index (κ3) is 4.79. The van der Waals surface area contributed by atoms with Crippen molar-refractivity contribution in [2.45, 2.75) is 17.7 Å². The summed E-state index contributed by atoms with van der Waals surface area (Å²) in [5.74, 6) is -1.39. The van der Waals surface area contributed by atoms with Crippen LogP contribution in [-0.2, 0) is 22.9 Å². The highest BCUT2D eigenvalue weighted by atomic mass is 32.2. The number of imidazole rings is 1. The number of sulfonamides is 1. The molecule has 0 aliphatic heterocycles. The molecule has 0 saturated heterocycles. The number of rotatable bonds is 7. The van der Waals surface area contributed by atoms with Crippen LogP contribution in [-0.4, -0.2) is 18.0 Å². The Morgan fingerprint density at radius 3 is 2.23 bits per heavy atom. The quantitative estimate of drug-likeness (QED) is 0.310. The summed E-state index contributed by atoms with van der Waals surface area (Å²) >= 11 is 0. The molecule has 0 bridgehead atoms. The third-order valence-electron chi connectivity index (χ3n) is 5.69. The highest BCUT2D eigenvalue weighted by Gasteiger charge is 2.17. The summed E-state index contributed by atoms with van der Waals surface area (Å²) in [7, 11) is -4.04. The van der Waals surface area contributed by atoms with E-state index in [2.05, 4.69) is 9.29 Å². The number of aromatic nitrogens is 2. The zero-order chi connectivity index (χ0) is 24.4. The second-order valence-electron chi connectivity index (χ2n) is 8.07. The van der Waals surface area contributed by atoms with Gasteiger partial charge >= 0.3 is 0 Å². The fourth-order valence-corrected chi connectivity index (χ4v) is 5.03. The Kier molecular flexibility index (Phi) is 6.05. The average Bonchev–Trinajstić information content (AvgIpc) is 3.24.